The molecule has 1 aliphatic carbocycles. The highest BCUT2D eigenvalue weighted by Gasteiger charge is 2.44. The van der Waals surface area contributed by atoms with E-state index in [1.807, 2.05) is 29.3 Å². The number of nitrogens with zero attached hydrogens (tertiary/aromatic N) is 4. The Balaban J connectivity index is 1.16. The van der Waals surface area contributed by atoms with Gasteiger partial charge in [-0.15, -0.1) is 10.2 Å². The molecule has 160 valence electrons. The first kappa shape index (κ1) is 18.4. The van der Waals surface area contributed by atoms with Crippen LogP contribution in [0.5, 0.6) is 17.2 Å². The van der Waals surface area contributed by atoms with Gasteiger partial charge in [0.25, 0.3) is 5.91 Å². The van der Waals surface area contributed by atoms with Crippen molar-refractivity contribution >= 4 is 11.6 Å². The Morgan fingerprint density at radius 2 is 1.97 bits per heavy atom. The summed E-state index contributed by atoms with van der Waals surface area (Å²) in [7, 11) is 0. The minimum Gasteiger partial charge on any atom is -0.488 e. The molecule has 4 heterocycles. The minimum atomic E-state index is -0.582. The van der Waals surface area contributed by atoms with Crippen LogP contribution in [0.2, 0.25) is 0 Å². The summed E-state index contributed by atoms with van der Waals surface area (Å²) in [6, 6.07) is 9.05. The fourth-order valence-electron chi connectivity index (χ4n) is 5.00. The quantitative estimate of drug-likeness (QED) is 0.687. The van der Waals surface area contributed by atoms with E-state index >= 15 is 0 Å². The van der Waals surface area contributed by atoms with E-state index in [9.17, 15) is 9.90 Å². The topological polar surface area (TPSA) is 98.4 Å². The molecule has 0 spiro atoms. The summed E-state index contributed by atoms with van der Waals surface area (Å²) >= 11 is 0. The number of hydrogen-bond donors (Lipinski definition) is 1. The zero-order valence-electron chi connectivity index (χ0n) is 16.8. The van der Waals surface area contributed by atoms with Crippen LogP contribution in [0.1, 0.15) is 23.2 Å². The Morgan fingerprint density at radius 3 is 2.87 bits per heavy atom. The summed E-state index contributed by atoms with van der Waals surface area (Å²) in [5, 5.41) is 18.7. The number of likely N-dealkylation sites (tertiary alicyclic amines) is 1. The lowest BCUT2D eigenvalue weighted by atomic mass is 9.78. The van der Waals surface area contributed by atoms with Crippen molar-refractivity contribution < 1.29 is 24.1 Å². The number of benzene rings is 1. The standard InChI is InChI=1S/C22H22N4O5/c27-17-6-13-9-26(22(28)16-2-1-5-25-11-23-24-21(16)25)10-14(13)7-19(17)31-15-3-4-18-20(8-15)30-12-29-18/h1-5,8,11,13-14,17,19,27H,6-7,9-10,12H2/t13-,14+,17+,19+/m0/s1. The van der Waals surface area contributed by atoms with Gasteiger partial charge >= 0.3 is 0 Å². The lowest BCUT2D eigenvalue weighted by Gasteiger charge is -2.35. The van der Waals surface area contributed by atoms with E-state index in [0.717, 1.165) is 0 Å². The van der Waals surface area contributed by atoms with Crippen LogP contribution in [-0.2, 0) is 0 Å². The van der Waals surface area contributed by atoms with Crippen molar-refractivity contribution in [3.63, 3.8) is 0 Å². The van der Waals surface area contributed by atoms with Gasteiger partial charge in [0.2, 0.25) is 6.79 Å². The Bertz CT molecular complexity index is 1150. The molecule has 6 rings (SSSR count). The molecule has 2 aliphatic heterocycles. The van der Waals surface area contributed by atoms with Gasteiger partial charge in [0.15, 0.2) is 17.1 Å². The smallest absolute Gasteiger partial charge is 0.257 e. The molecule has 2 aromatic heterocycles. The lowest BCUT2D eigenvalue weighted by Crippen LogP contribution is -2.42. The largest absolute Gasteiger partial charge is 0.488 e. The SMILES string of the molecule is O=C(c1cccn2cnnc12)N1C[C@H]2C[C@@H](Oc3ccc4c(c3)OCO4)[C@H](O)C[C@H]2C1. The van der Waals surface area contributed by atoms with Crippen molar-refractivity contribution in [1.29, 1.82) is 0 Å². The van der Waals surface area contributed by atoms with E-state index in [1.165, 1.54) is 0 Å². The number of fused-ring (bicyclic) bond motifs is 3. The van der Waals surface area contributed by atoms with Gasteiger partial charge in [-0.25, -0.2) is 0 Å². The second-order valence-electron chi connectivity index (χ2n) is 8.42. The van der Waals surface area contributed by atoms with Crippen molar-refractivity contribution in [2.45, 2.75) is 25.0 Å². The molecular formula is C22H22N4O5. The fraction of sp³-hybridized carbons (Fsp3) is 0.409. The van der Waals surface area contributed by atoms with Crippen molar-refractivity contribution in [2.24, 2.45) is 11.8 Å². The van der Waals surface area contributed by atoms with Crippen LogP contribution in [0.15, 0.2) is 42.9 Å². The van der Waals surface area contributed by atoms with Crippen LogP contribution in [-0.4, -0.2) is 62.6 Å². The van der Waals surface area contributed by atoms with E-state index in [0.29, 0.717) is 54.4 Å². The molecule has 1 amide bonds. The first-order valence-electron chi connectivity index (χ1n) is 10.5. The highest BCUT2D eigenvalue weighted by atomic mass is 16.7. The minimum absolute atomic E-state index is 0.0456. The number of aliphatic hydroxyl groups is 1. The van der Waals surface area contributed by atoms with Crippen molar-refractivity contribution in [3.05, 3.63) is 48.4 Å². The maximum Gasteiger partial charge on any atom is 0.257 e. The van der Waals surface area contributed by atoms with E-state index in [2.05, 4.69) is 10.2 Å². The molecule has 0 bridgehead atoms. The van der Waals surface area contributed by atoms with Crippen LogP contribution >= 0.6 is 0 Å². The highest BCUT2D eigenvalue weighted by molar-refractivity contribution is 5.99. The summed E-state index contributed by atoms with van der Waals surface area (Å²) < 4.78 is 18.6. The zero-order valence-corrected chi connectivity index (χ0v) is 16.8. The predicted octanol–water partition coefficient (Wildman–Crippen LogP) is 1.75. The molecule has 1 saturated heterocycles. The maximum atomic E-state index is 13.2. The molecule has 3 aliphatic rings. The number of amides is 1. The molecule has 9 nitrogen and oxygen atoms in total. The molecule has 0 radical (unpaired) electrons. The summed E-state index contributed by atoms with van der Waals surface area (Å²) in [5.41, 5.74) is 1.11. The van der Waals surface area contributed by atoms with Crippen LogP contribution in [0, 0.1) is 11.8 Å². The van der Waals surface area contributed by atoms with Crippen molar-refractivity contribution in [2.75, 3.05) is 19.9 Å². The Hall–Kier alpha value is -3.33. The second-order valence-corrected chi connectivity index (χ2v) is 8.42. The average Bonchev–Trinajstić information content (AvgIpc) is 3.51. The van der Waals surface area contributed by atoms with Gasteiger partial charge in [-0.1, -0.05) is 0 Å². The number of rotatable bonds is 3. The normalized spacial score (nSPS) is 26.8. The van der Waals surface area contributed by atoms with Gasteiger partial charge in [-0.3, -0.25) is 9.20 Å². The van der Waals surface area contributed by atoms with Crippen LogP contribution in [0.25, 0.3) is 5.65 Å². The number of ether oxygens (including phenoxy) is 3. The van der Waals surface area contributed by atoms with Gasteiger partial charge in [0.1, 0.15) is 18.2 Å². The van der Waals surface area contributed by atoms with E-state index in [-0.39, 0.29) is 30.6 Å². The third kappa shape index (κ3) is 3.16. The summed E-state index contributed by atoms with van der Waals surface area (Å²) in [6.45, 7) is 1.49. The first-order valence-corrected chi connectivity index (χ1v) is 10.5. The Morgan fingerprint density at radius 1 is 1.13 bits per heavy atom. The highest BCUT2D eigenvalue weighted by Crippen LogP contribution is 2.40. The summed E-state index contributed by atoms with van der Waals surface area (Å²) in [4.78, 5) is 15.1. The number of carbonyl (C=O) groups excluding carboxylic acids is 1. The molecule has 2 fully saturated rings. The number of pyridine rings is 1. The van der Waals surface area contributed by atoms with Gasteiger partial charge in [-0.05, 0) is 48.9 Å². The lowest BCUT2D eigenvalue weighted by molar-refractivity contribution is -0.0232. The Labute approximate surface area is 178 Å². The maximum absolute atomic E-state index is 13.2. The van der Waals surface area contributed by atoms with E-state index in [1.54, 1.807) is 22.9 Å². The average molecular weight is 422 g/mol. The molecule has 3 aromatic rings. The third-order valence-electron chi connectivity index (χ3n) is 6.56. The van der Waals surface area contributed by atoms with Crippen molar-refractivity contribution in [1.82, 2.24) is 19.5 Å². The number of carbonyl (C=O) groups is 1. The molecule has 1 aromatic carbocycles. The Kier molecular flexibility index (Phi) is 4.24. The molecule has 0 unspecified atom stereocenters. The van der Waals surface area contributed by atoms with Crippen molar-refractivity contribution in [3.8, 4) is 17.2 Å². The van der Waals surface area contributed by atoms with E-state index in [4.69, 9.17) is 14.2 Å². The number of hydrogen-bond acceptors (Lipinski definition) is 7. The number of aliphatic hydroxyl groups excluding tert-OH is 1. The van der Waals surface area contributed by atoms with Gasteiger partial charge in [0.05, 0.1) is 11.7 Å². The van der Waals surface area contributed by atoms with Crippen LogP contribution in [0.4, 0.5) is 0 Å². The van der Waals surface area contributed by atoms with Gasteiger partial charge in [-0.2, -0.15) is 0 Å². The van der Waals surface area contributed by atoms with Crippen LogP contribution < -0.4 is 14.2 Å². The molecule has 1 saturated carbocycles. The summed E-state index contributed by atoms with van der Waals surface area (Å²) in [5.74, 6) is 2.49. The molecule has 1 N–H and O–H groups in total. The molecular weight excluding hydrogens is 400 g/mol. The fourth-order valence-corrected chi connectivity index (χ4v) is 5.00. The molecule has 9 heteroatoms. The molecule has 4 atom stereocenters. The third-order valence-corrected chi connectivity index (χ3v) is 6.56. The van der Waals surface area contributed by atoms with Crippen LogP contribution in [0.3, 0.4) is 0 Å². The van der Waals surface area contributed by atoms with Gasteiger partial charge in [0, 0.05) is 25.4 Å². The van der Waals surface area contributed by atoms with E-state index < -0.39 is 6.10 Å². The summed E-state index contributed by atoms with van der Waals surface area (Å²) in [6.07, 6.45) is 3.81. The second kappa shape index (κ2) is 7.12. The zero-order chi connectivity index (χ0) is 20.9. The monoisotopic (exact) mass is 422 g/mol. The number of aromatic nitrogens is 3. The predicted molar refractivity (Wildman–Crippen MR) is 108 cm³/mol. The first-order chi connectivity index (χ1) is 15.2. The van der Waals surface area contributed by atoms with Gasteiger partial charge < -0.3 is 24.2 Å². The molecule has 31 heavy (non-hydrogen) atoms.